The van der Waals surface area contributed by atoms with Crippen molar-refractivity contribution in [3.63, 3.8) is 0 Å². The molecule has 0 saturated carbocycles. The molecule has 15 heavy (non-hydrogen) atoms. The van der Waals surface area contributed by atoms with Crippen LogP contribution in [0.3, 0.4) is 0 Å². The molecule has 6 heteroatoms. The Morgan fingerprint density at radius 2 is 2.40 bits per heavy atom. The fourth-order valence-corrected chi connectivity index (χ4v) is 1.45. The smallest absolute Gasteiger partial charge is 0.305 e. The van der Waals surface area contributed by atoms with Gasteiger partial charge in [-0.1, -0.05) is 11.6 Å². The van der Waals surface area contributed by atoms with Gasteiger partial charge in [0.2, 0.25) is 0 Å². The van der Waals surface area contributed by atoms with Crippen LogP contribution < -0.4 is 0 Å². The van der Waals surface area contributed by atoms with E-state index in [0.29, 0.717) is 10.7 Å². The molecule has 0 atom stereocenters. The van der Waals surface area contributed by atoms with Crippen LogP contribution in [0.15, 0.2) is 18.5 Å². The van der Waals surface area contributed by atoms with Crippen molar-refractivity contribution in [1.82, 2.24) is 9.38 Å². The van der Waals surface area contributed by atoms with Gasteiger partial charge in [-0.05, 0) is 18.6 Å². The molecule has 0 aliphatic carbocycles. The molecule has 0 bridgehead atoms. The molecular formula is C9H6ClFN2O2. The highest BCUT2D eigenvalue weighted by Crippen LogP contribution is 2.21. The highest BCUT2D eigenvalue weighted by atomic mass is 35.5. The van der Waals surface area contributed by atoms with E-state index >= 15 is 0 Å². The number of pyridine rings is 1. The fraction of sp³-hybridized carbons (Fsp3) is 0.111. The zero-order valence-electron chi connectivity index (χ0n) is 7.70. The van der Waals surface area contributed by atoms with Crippen molar-refractivity contribution in [2.45, 2.75) is 6.92 Å². The molecule has 2 aromatic heterocycles. The largest absolute Gasteiger partial charge is 0.399 e. The summed E-state index contributed by atoms with van der Waals surface area (Å²) in [5, 5.41) is 0.426. The number of hydrogen-bond acceptors (Lipinski definition) is 3. The minimum atomic E-state index is -1.13. The lowest BCUT2D eigenvalue weighted by molar-refractivity contribution is -0.0792. The minimum Gasteiger partial charge on any atom is -0.305 e. The molecule has 0 aliphatic heterocycles. The number of nitrogens with zero attached hydrogens (tertiary/aromatic N) is 2. The van der Waals surface area contributed by atoms with Crippen LogP contribution in [0.4, 0.5) is 4.53 Å². The third-order valence-corrected chi connectivity index (χ3v) is 2.51. The Balaban J connectivity index is 2.66. The maximum atomic E-state index is 11.6. The van der Waals surface area contributed by atoms with Gasteiger partial charge in [0.25, 0.3) is 0 Å². The van der Waals surface area contributed by atoms with Crippen LogP contribution in [0.5, 0.6) is 0 Å². The van der Waals surface area contributed by atoms with Crippen LogP contribution >= 0.6 is 11.6 Å². The summed E-state index contributed by atoms with van der Waals surface area (Å²) in [6.45, 7) is 1.81. The van der Waals surface area contributed by atoms with E-state index in [2.05, 4.69) is 9.93 Å². The summed E-state index contributed by atoms with van der Waals surface area (Å²) in [5.74, 6) is -1.13. The molecule has 2 rings (SSSR count). The molecule has 0 N–H and O–H groups in total. The van der Waals surface area contributed by atoms with Crippen LogP contribution in [0, 0.1) is 6.92 Å². The lowest BCUT2D eigenvalue weighted by Crippen LogP contribution is -1.98. The normalized spacial score (nSPS) is 10.6. The summed E-state index contributed by atoms with van der Waals surface area (Å²) in [6.07, 6.45) is 3.03. The molecule has 0 saturated heterocycles. The molecule has 78 valence electrons. The van der Waals surface area contributed by atoms with Crippen LogP contribution in [0.2, 0.25) is 5.02 Å². The molecule has 2 heterocycles. The standard InChI is InChI=1S/C9H6ClFN2O2/c1-5-2-3-13-4-6(9(14)15-11)12-8(13)7(5)10/h2-4H,1H3. The topological polar surface area (TPSA) is 43.6 Å². The maximum absolute atomic E-state index is 11.6. The van der Waals surface area contributed by atoms with Gasteiger partial charge >= 0.3 is 5.97 Å². The number of carbonyl (C=O) groups excluding carboxylic acids is 1. The average Bonchev–Trinajstić information content (AvgIpc) is 2.67. The van der Waals surface area contributed by atoms with Gasteiger partial charge in [0.1, 0.15) is 0 Å². The first-order valence-electron chi connectivity index (χ1n) is 4.10. The van der Waals surface area contributed by atoms with Crippen molar-refractivity contribution in [3.8, 4) is 0 Å². The highest BCUT2D eigenvalue weighted by Gasteiger charge is 2.14. The van der Waals surface area contributed by atoms with E-state index in [1.165, 1.54) is 10.6 Å². The Hall–Kier alpha value is -1.62. The van der Waals surface area contributed by atoms with Gasteiger partial charge < -0.3 is 4.40 Å². The van der Waals surface area contributed by atoms with Gasteiger partial charge in [0, 0.05) is 16.9 Å². The second-order valence-corrected chi connectivity index (χ2v) is 3.41. The number of imidazole rings is 1. The van der Waals surface area contributed by atoms with Gasteiger partial charge in [-0.2, -0.15) is 0 Å². The van der Waals surface area contributed by atoms with Crippen molar-refractivity contribution in [3.05, 3.63) is 34.7 Å². The third-order valence-electron chi connectivity index (χ3n) is 2.04. The molecule has 0 unspecified atom stereocenters. The molecule has 0 fully saturated rings. The number of hydrogen-bond donors (Lipinski definition) is 0. The second kappa shape index (κ2) is 3.51. The molecule has 0 aliphatic rings. The number of aromatic nitrogens is 2. The molecular weight excluding hydrogens is 223 g/mol. The second-order valence-electron chi connectivity index (χ2n) is 3.03. The van der Waals surface area contributed by atoms with E-state index in [1.807, 2.05) is 6.92 Å². The first kappa shape index (κ1) is 9.92. The molecule has 0 aromatic carbocycles. The van der Waals surface area contributed by atoms with Crippen LogP contribution in [-0.4, -0.2) is 15.4 Å². The molecule has 4 nitrogen and oxygen atoms in total. The number of aryl methyl sites for hydroxylation is 1. The molecule has 0 radical (unpaired) electrons. The van der Waals surface area contributed by atoms with Crippen molar-refractivity contribution >= 4 is 23.2 Å². The summed E-state index contributed by atoms with van der Waals surface area (Å²) in [5.41, 5.74) is 1.11. The van der Waals surface area contributed by atoms with Crippen LogP contribution in [0.25, 0.3) is 5.65 Å². The summed E-state index contributed by atoms with van der Waals surface area (Å²) < 4.78 is 13.2. The van der Waals surface area contributed by atoms with Gasteiger partial charge in [0.05, 0.1) is 5.02 Å². The Morgan fingerprint density at radius 1 is 1.67 bits per heavy atom. The van der Waals surface area contributed by atoms with E-state index in [-0.39, 0.29) is 5.69 Å². The van der Waals surface area contributed by atoms with Crippen LogP contribution in [-0.2, 0) is 4.94 Å². The monoisotopic (exact) mass is 228 g/mol. The summed E-state index contributed by atoms with van der Waals surface area (Å²) in [7, 11) is 0. The van der Waals surface area contributed by atoms with Gasteiger partial charge in [-0.15, -0.1) is 0 Å². The van der Waals surface area contributed by atoms with E-state index in [1.54, 1.807) is 12.3 Å². The quantitative estimate of drug-likeness (QED) is 0.753. The number of rotatable bonds is 1. The Labute approximate surface area is 89.1 Å². The van der Waals surface area contributed by atoms with Crippen molar-refractivity contribution in [2.24, 2.45) is 0 Å². The minimum absolute atomic E-state index is 0.120. The summed E-state index contributed by atoms with van der Waals surface area (Å²) >= 11 is 5.96. The van der Waals surface area contributed by atoms with Crippen molar-refractivity contribution < 1.29 is 14.3 Å². The zero-order valence-corrected chi connectivity index (χ0v) is 8.45. The fourth-order valence-electron chi connectivity index (χ4n) is 1.25. The van der Waals surface area contributed by atoms with Crippen LogP contribution in [0.1, 0.15) is 16.1 Å². The first-order chi connectivity index (χ1) is 7.13. The number of halogens is 2. The third kappa shape index (κ3) is 1.55. The molecule has 0 amide bonds. The maximum Gasteiger partial charge on any atom is 0.399 e. The van der Waals surface area contributed by atoms with E-state index < -0.39 is 5.97 Å². The summed E-state index contributed by atoms with van der Waals surface area (Å²) in [6, 6.07) is 1.77. The van der Waals surface area contributed by atoms with Gasteiger partial charge in [-0.25, -0.2) is 14.7 Å². The van der Waals surface area contributed by atoms with Gasteiger partial charge in [-0.3, -0.25) is 0 Å². The van der Waals surface area contributed by atoms with E-state index in [9.17, 15) is 9.32 Å². The lowest BCUT2D eigenvalue weighted by atomic mass is 10.3. The molecule has 0 spiro atoms. The average molecular weight is 229 g/mol. The number of fused-ring (bicyclic) bond motifs is 1. The number of carbonyl (C=O) groups is 1. The SMILES string of the molecule is Cc1ccn2cc(C(=O)OF)nc2c1Cl. The van der Waals surface area contributed by atoms with Gasteiger partial charge in [0.15, 0.2) is 11.3 Å². The zero-order chi connectivity index (χ0) is 11.0. The first-order valence-corrected chi connectivity index (χ1v) is 4.48. The molecule has 2 aromatic rings. The predicted molar refractivity (Wildman–Crippen MR) is 51.5 cm³/mol. The highest BCUT2D eigenvalue weighted by molar-refractivity contribution is 6.34. The van der Waals surface area contributed by atoms with Crippen molar-refractivity contribution in [1.29, 1.82) is 0 Å². The Bertz CT molecular complexity index is 538. The Morgan fingerprint density at radius 3 is 3.07 bits per heavy atom. The van der Waals surface area contributed by atoms with Crippen molar-refractivity contribution in [2.75, 3.05) is 0 Å². The summed E-state index contributed by atoms with van der Waals surface area (Å²) in [4.78, 5) is 17.8. The predicted octanol–water partition coefficient (Wildman–Crippen LogP) is 2.34. The lowest BCUT2D eigenvalue weighted by Gasteiger charge is -1.98. The van der Waals surface area contributed by atoms with E-state index in [0.717, 1.165) is 5.56 Å². The Kier molecular flexibility index (Phi) is 2.32. The van der Waals surface area contributed by atoms with E-state index in [4.69, 9.17) is 11.6 Å².